The Morgan fingerprint density at radius 1 is 0.241 bits per heavy atom. The predicted molar refractivity (Wildman–Crippen MR) is 344 cm³/mol. The van der Waals surface area contributed by atoms with Gasteiger partial charge in [0.1, 0.15) is 13.2 Å². The molecular weight excluding hydrogens is 973 g/mol. The van der Waals surface area contributed by atoms with Crippen LogP contribution in [0.5, 0.6) is 0 Å². The molecule has 1 unspecified atom stereocenters. The lowest BCUT2D eigenvalue weighted by Gasteiger charge is -2.18. The Bertz CT molecular complexity index is 1320. The van der Waals surface area contributed by atoms with Crippen molar-refractivity contribution in [1.29, 1.82) is 0 Å². The number of unbranched alkanes of at least 4 members (excludes halogenated alkanes) is 49. The minimum absolute atomic E-state index is 0.0739. The Labute approximate surface area is 493 Å². The zero-order valence-corrected chi connectivity index (χ0v) is 53.4. The van der Waals surface area contributed by atoms with Crippen molar-refractivity contribution >= 4 is 17.9 Å². The van der Waals surface area contributed by atoms with Crippen LogP contribution in [0.3, 0.4) is 0 Å². The highest BCUT2D eigenvalue weighted by Gasteiger charge is 2.19. The first-order valence-corrected chi connectivity index (χ1v) is 35.5. The number of esters is 3. The number of ether oxygens (including phenoxy) is 3. The van der Waals surface area contributed by atoms with E-state index in [0.29, 0.717) is 19.3 Å². The monoisotopic (exact) mass is 1110 g/mol. The molecule has 0 saturated carbocycles. The van der Waals surface area contributed by atoms with Gasteiger partial charge >= 0.3 is 17.9 Å². The SMILES string of the molecule is CCC/C=C\CCCCCCCC(=O)OCC(COC(=O)CCCCCCCCCCCCCCCCCCCCCCCCC/C=C\CCCCCCCCCC)OC(=O)CCCCCCC/C=C\CCCCCCCCC. The van der Waals surface area contributed by atoms with Crippen LogP contribution in [0.15, 0.2) is 36.5 Å². The van der Waals surface area contributed by atoms with E-state index in [4.69, 9.17) is 14.2 Å². The standard InChI is InChI=1S/C73H136O6/c1-4-7-10-13-16-19-22-24-26-28-29-30-31-32-33-34-35-36-37-38-39-40-41-42-43-44-45-46-48-49-51-54-57-60-63-66-72(75)78-69-70(68-77-71(74)65-62-59-56-53-21-18-15-12-9-6-3)79-73(76)67-64-61-58-55-52-50-47-27-25-23-20-17-14-11-8-5-2/h12,15,27-29,47,70H,4-11,13-14,16-26,30-46,48-69H2,1-3H3/b15-12-,29-28-,47-27-. The summed E-state index contributed by atoms with van der Waals surface area (Å²) in [5, 5.41) is 0. The maximum Gasteiger partial charge on any atom is 0.306 e. The average Bonchev–Trinajstić information content (AvgIpc) is 3.45. The third-order valence-electron chi connectivity index (χ3n) is 16.1. The van der Waals surface area contributed by atoms with Gasteiger partial charge in [-0.15, -0.1) is 0 Å². The molecule has 0 heterocycles. The molecule has 1 atom stereocenters. The van der Waals surface area contributed by atoms with E-state index in [1.165, 1.54) is 276 Å². The number of carbonyl (C=O) groups excluding carboxylic acids is 3. The Morgan fingerprint density at radius 3 is 0.684 bits per heavy atom. The summed E-state index contributed by atoms with van der Waals surface area (Å²) in [5.41, 5.74) is 0. The van der Waals surface area contributed by atoms with Crippen molar-refractivity contribution in [2.24, 2.45) is 0 Å². The predicted octanol–water partition coefficient (Wildman–Crippen LogP) is 24.3. The van der Waals surface area contributed by atoms with Crippen molar-refractivity contribution in [1.82, 2.24) is 0 Å². The van der Waals surface area contributed by atoms with Gasteiger partial charge in [-0.3, -0.25) is 14.4 Å². The minimum Gasteiger partial charge on any atom is -0.462 e. The smallest absolute Gasteiger partial charge is 0.306 e. The van der Waals surface area contributed by atoms with Crippen LogP contribution in [0.1, 0.15) is 393 Å². The van der Waals surface area contributed by atoms with Crippen LogP contribution >= 0.6 is 0 Å². The first-order valence-electron chi connectivity index (χ1n) is 35.5. The molecule has 0 saturated heterocycles. The fraction of sp³-hybridized carbons (Fsp3) is 0.877. The normalized spacial score (nSPS) is 12.2. The van der Waals surface area contributed by atoms with Gasteiger partial charge in [-0.25, -0.2) is 0 Å². The molecule has 0 radical (unpaired) electrons. The zero-order chi connectivity index (χ0) is 57.1. The van der Waals surface area contributed by atoms with E-state index in [0.717, 1.165) is 77.0 Å². The lowest BCUT2D eigenvalue weighted by Crippen LogP contribution is -2.30. The number of carbonyl (C=O) groups is 3. The van der Waals surface area contributed by atoms with Crippen molar-refractivity contribution in [3.63, 3.8) is 0 Å². The van der Waals surface area contributed by atoms with Crippen LogP contribution in [0.4, 0.5) is 0 Å². The molecule has 0 aromatic carbocycles. The summed E-state index contributed by atoms with van der Waals surface area (Å²) in [4.78, 5) is 38.2. The Morgan fingerprint density at radius 2 is 0.443 bits per heavy atom. The summed E-state index contributed by atoms with van der Waals surface area (Å²) in [5.74, 6) is -0.871. The van der Waals surface area contributed by atoms with Crippen molar-refractivity contribution in [2.45, 2.75) is 399 Å². The zero-order valence-electron chi connectivity index (χ0n) is 53.4. The lowest BCUT2D eigenvalue weighted by molar-refractivity contribution is -0.167. The van der Waals surface area contributed by atoms with Gasteiger partial charge in [-0.05, 0) is 89.9 Å². The number of hydrogen-bond acceptors (Lipinski definition) is 6. The summed E-state index contributed by atoms with van der Waals surface area (Å²) in [6, 6.07) is 0. The van der Waals surface area contributed by atoms with Gasteiger partial charge in [-0.1, -0.05) is 320 Å². The van der Waals surface area contributed by atoms with Gasteiger partial charge in [0.2, 0.25) is 0 Å². The van der Waals surface area contributed by atoms with E-state index in [9.17, 15) is 14.4 Å². The molecule has 0 aliphatic carbocycles. The summed E-state index contributed by atoms with van der Waals surface area (Å²) in [7, 11) is 0. The largest absolute Gasteiger partial charge is 0.462 e. The van der Waals surface area contributed by atoms with Crippen molar-refractivity contribution in [3.05, 3.63) is 36.5 Å². The molecule has 79 heavy (non-hydrogen) atoms. The minimum atomic E-state index is -0.777. The third kappa shape index (κ3) is 66.3. The van der Waals surface area contributed by atoms with Gasteiger partial charge in [-0.2, -0.15) is 0 Å². The molecule has 0 aliphatic rings. The number of hydrogen-bond donors (Lipinski definition) is 0. The van der Waals surface area contributed by atoms with Crippen LogP contribution in [0, 0.1) is 0 Å². The summed E-state index contributed by atoms with van der Waals surface area (Å²) >= 11 is 0. The van der Waals surface area contributed by atoms with Gasteiger partial charge < -0.3 is 14.2 Å². The maximum atomic E-state index is 12.9. The van der Waals surface area contributed by atoms with E-state index >= 15 is 0 Å². The number of allylic oxidation sites excluding steroid dienone is 6. The Kier molecular flexibility index (Phi) is 66.1. The molecule has 6 heteroatoms. The van der Waals surface area contributed by atoms with E-state index in [2.05, 4.69) is 57.2 Å². The number of rotatable bonds is 66. The Balaban J connectivity index is 4.00. The molecular formula is C73H136O6. The fourth-order valence-electron chi connectivity index (χ4n) is 10.7. The van der Waals surface area contributed by atoms with Gasteiger partial charge in [0, 0.05) is 19.3 Å². The van der Waals surface area contributed by atoms with Gasteiger partial charge in [0.15, 0.2) is 6.10 Å². The fourth-order valence-corrected chi connectivity index (χ4v) is 10.7. The molecule has 0 N–H and O–H groups in total. The molecule has 0 fully saturated rings. The second-order valence-electron chi connectivity index (χ2n) is 24.1. The maximum absolute atomic E-state index is 12.9. The van der Waals surface area contributed by atoms with Crippen LogP contribution in [0.2, 0.25) is 0 Å². The second-order valence-corrected chi connectivity index (χ2v) is 24.1. The third-order valence-corrected chi connectivity index (χ3v) is 16.1. The molecule has 0 aliphatic heterocycles. The van der Waals surface area contributed by atoms with Gasteiger partial charge in [0.05, 0.1) is 0 Å². The highest BCUT2D eigenvalue weighted by atomic mass is 16.6. The highest BCUT2D eigenvalue weighted by Crippen LogP contribution is 2.18. The molecule has 6 nitrogen and oxygen atoms in total. The van der Waals surface area contributed by atoms with E-state index in [1.54, 1.807) is 0 Å². The first-order chi connectivity index (χ1) is 39.0. The van der Waals surface area contributed by atoms with Crippen LogP contribution in [-0.2, 0) is 28.6 Å². The molecule has 0 amide bonds. The molecule has 464 valence electrons. The highest BCUT2D eigenvalue weighted by molar-refractivity contribution is 5.71. The van der Waals surface area contributed by atoms with Crippen LogP contribution in [0.25, 0.3) is 0 Å². The van der Waals surface area contributed by atoms with E-state index in [-0.39, 0.29) is 31.1 Å². The quantitative estimate of drug-likeness (QED) is 0.0261. The molecule has 0 rings (SSSR count). The summed E-state index contributed by atoms with van der Waals surface area (Å²) in [6.07, 6.45) is 85.0. The average molecular weight is 1110 g/mol. The van der Waals surface area contributed by atoms with Crippen molar-refractivity contribution in [2.75, 3.05) is 13.2 Å². The molecule has 0 aromatic rings. The lowest BCUT2D eigenvalue weighted by atomic mass is 10.0. The van der Waals surface area contributed by atoms with Gasteiger partial charge in [0.25, 0.3) is 0 Å². The molecule has 0 spiro atoms. The molecule has 0 bridgehead atoms. The first kappa shape index (κ1) is 76.6. The Hall–Kier alpha value is -2.37. The van der Waals surface area contributed by atoms with Crippen molar-refractivity contribution in [3.8, 4) is 0 Å². The van der Waals surface area contributed by atoms with Crippen LogP contribution in [-0.4, -0.2) is 37.2 Å². The van der Waals surface area contributed by atoms with E-state index < -0.39 is 6.10 Å². The summed E-state index contributed by atoms with van der Waals surface area (Å²) < 4.78 is 16.9. The van der Waals surface area contributed by atoms with E-state index in [1.807, 2.05) is 0 Å². The second kappa shape index (κ2) is 68.1. The van der Waals surface area contributed by atoms with Crippen molar-refractivity contribution < 1.29 is 28.6 Å². The molecule has 0 aromatic heterocycles. The topological polar surface area (TPSA) is 78.9 Å². The van der Waals surface area contributed by atoms with Crippen LogP contribution < -0.4 is 0 Å². The summed E-state index contributed by atoms with van der Waals surface area (Å²) in [6.45, 7) is 6.62.